The maximum absolute atomic E-state index is 6.04. The molecule has 1 unspecified atom stereocenters. The van der Waals surface area contributed by atoms with Gasteiger partial charge in [0, 0.05) is 10.0 Å². The highest BCUT2D eigenvalue weighted by Gasteiger charge is 2.14. The van der Waals surface area contributed by atoms with Gasteiger partial charge in [-0.2, -0.15) is 4.98 Å². The molecule has 0 aliphatic rings. The average Bonchev–Trinajstić information content (AvgIpc) is 2.45. The van der Waals surface area contributed by atoms with Gasteiger partial charge in [-0.1, -0.05) is 29.3 Å². The molecule has 7 heteroatoms. The number of anilines is 2. The van der Waals surface area contributed by atoms with E-state index in [1.165, 1.54) is 0 Å². The number of nitrogens with zero attached hydrogens (tertiary/aromatic N) is 2. The molecule has 0 aliphatic heterocycles. The van der Waals surface area contributed by atoms with Gasteiger partial charge in [-0.15, -0.1) is 0 Å². The zero-order valence-corrected chi connectivity index (χ0v) is 13.8. The number of ether oxygens (including phenoxy) is 1. The second-order valence-corrected chi connectivity index (χ2v) is 5.95. The van der Waals surface area contributed by atoms with Crippen LogP contribution in [0.25, 0.3) is 10.9 Å². The first-order chi connectivity index (χ1) is 10.9. The van der Waals surface area contributed by atoms with Crippen LogP contribution < -0.4 is 16.2 Å². The van der Waals surface area contributed by atoms with Crippen molar-refractivity contribution in [2.24, 2.45) is 0 Å². The molecule has 23 heavy (non-hydrogen) atoms. The van der Waals surface area contributed by atoms with Gasteiger partial charge in [-0.05, 0) is 42.8 Å². The van der Waals surface area contributed by atoms with E-state index in [2.05, 4.69) is 9.97 Å². The Balaban J connectivity index is 2.01. The van der Waals surface area contributed by atoms with Crippen LogP contribution in [0.1, 0.15) is 18.6 Å². The Hall–Kier alpha value is -2.24. The SMILES string of the molecule is CC(Oc1cccc2nc(N)nc(N)c12)c1cc(Cl)cc(Cl)c1. The lowest BCUT2D eigenvalue weighted by Gasteiger charge is -2.17. The maximum Gasteiger partial charge on any atom is 0.222 e. The van der Waals surface area contributed by atoms with Gasteiger partial charge in [0.1, 0.15) is 17.7 Å². The quantitative estimate of drug-likeness (QED) is 0.738. The van der Waals surface area contributed by atoms with Crippen molar-refractivity contribution in [3.8, 4) is 5.75 Å². The highest BCUT2D eigenvalue weighted by molar-refractivity contribution is 6.34. The Kier molecular flexibility index (Phi) is 4.15. The third kappa shape index (κ3) is 3.25. The highest BCUT2D eigenvalue weighted by Crippen LogP contribution is 2.33. The van der Waals surface area contributed by atoms with Crippen molar-refractivity contribution in [3.63, 3.8) is 0 Å². The van der Waals surface area contributed by atoms with Crippen LogP contribution in [0.15, 0.2) is 36.4 Å². The third-order valence-electron chi connectivity index (χ3n) is 3.39. The lowest BCUT2D eigenvalue weighted by atomic mass is 10.1. The number of aromatic nitrogens is 2. The molecule has 1 aromatic heterocycles. The Morgan fingerprint density at radius 3 is 2.43 bits per heavy atom. The van der Waals surface area contributed by atoms with Gasteiger partial charge in [0.05, 0.1) is 10.9 Å². The fraction of sp³-hybridized carbons (Fsp3) is 0.125. The predicted molar refractivity (Wildman–Crippen MR) is 93.9 cm³/mol. The minimum atomic E-state index is -0.284. The van der Waals surface area contributed by atoms with Crippen LogP contribution in [-0.4, -0.2) is 9.97 Å². The fourth-order valence-electron chi connectivity index (χ4n) is 2.36. The molecule has 0 saturated heterocycles. The normalized spacial score (nSPS) is 12.3. The molecule has 0 radical (unpaired) electrons. The van der Waals surface area contributed by atoms with E-state index in [0.29, 0.717) is 26.7 Å². The summed E-state index contributed by atoms with van der Waals surface area (Å²) in [6.45, 7) is 1.90. The van der Waals surface area contributed by atoms with E-state index < -0.39 is 0 Å². The van der Waals surface area contributed by atoms with Crippen LogP contribution in [0.2, 0.25) is 10.0 Å². The van der Waals surface area contributed by atoms with Crippen molar-refractivity contribution in [2.45, 2.75) is 13.0 Å². The number of hydrogen-bond donors (Lipinski definition) is 2. The first-order valence-electron chi connectivity index (χ1n) is 6.88. The number of nitrogen functional groups attached to an aromatic ring is 2. The first-order valence-corrected chi connectivity index (χ1v) is 7.64. The molecular weight excluding hydrogens is 335 g/mol. The van der Waals surface area contributed by atoms with Crippen LogP contribution in [0, 0.1) is 0 Å². The topological polar surface area (TPSA) is 87.0 Å². The van der Waals surface area contributed by atoms with Gasteiger partial charge in [-0.25, -0.2) is 4.98 Å². The van der Waals surface area contributed by atoms with E-state index in [9.17, 15) is 0 Å². The lowest BCUT2D eigenvalue weighted by Crippen LogP contribution is -2.06. The van der Waals surface area contributed by atoms with Crippen molar-refractivity contribution in [1.29, 1.82) is 0 Å². The zero-order chi connectivity index (χ0) is 16.6. The summed E-state index contributed by atoms with van der Waals surface area (Å²) in [4.78, 5) is 8.16. The summed E-state index contributed by atoms with van der Waals surface area (Å²) in [5.41, 5.74) is 13.1. The first kappa shape index (κ1) is 15.6. The van der Waals surface area contributed by atoms with Crippen LogP contribution in [0.4, 0.5) is 11.8 Å². The van der Waals surface area contributed by atoms with Gasteiger partial charge in [-0.3, -0.25) is 0 Å². The van der Waals surface area contributed by atoms with Crippen molar-refractivity contribution in [3.05, 3.63) is 52.0 Å². The molecule has 2 aromatic carbocycles. The van der Waals surface area contributed by atoms with Crippen LogP contribution >= 0.6 is 23.2 Å². The minimum Gasteiger partial charge on any atom is -0.485 e. The molecule has 0 saturated carbocycles. The summed E-state index contributed by atoms with van der Waals surface area (Å²) in [5, 5.41) is 1.73. The van der Waals surface area contributed by atoms with E-state index in [1.807, 2.05) is 13.0 Å². The van der Waals surface area contributed by atoms with Crippen molar-refractivity contribution < 1.29 is 4.74 Å². The Labute approximate surface area is 143 Å². The predicted octanol–water partition coefficient (Wildman–Crippen LogP) is 4.24. The maximum atomic E-state index is 6.04. The Bertz CT molecular complexity index is 865. The molecule has 0 aliphatic carbocycles. The number of halogens is 2. The summed E-state index contributed by atoms with van der Waals surface area (Å²) >= 11 is 12.1. The molecule has 1 atom stereocenters. The largest absolute Gasteiger partial charge is 0.485 e. The zero-order valence-electron chi connectivity index (χ0n) is 12.3. The number of rotatable bonds is 3. The molecule has 4 N–H and O–H groups in total. The molecule has 3 aromatic rings. The van der Waals surface area contributed by atoms with Gasteiger partial charge in [0.25, 0.3) is 0 Å². The van der Waals surface area contributed by atoms with Crippen molar-refractivity contribution in [2.75, 3.05) is 11.5 Å². The highest BCUT2D eigenvalue weighted by atomic mass is 35.5. The Morgan fingerprint density at radius 1 is 1.04 bits per heavy atom. The molecule has 118 valence electrons. The summed E-state index contributed by atoms with van der Waals surface area (Å²) in [6, 6.07) is 10.7. The second kappa shape index (κ2) is 6.10. The average molecular weight is 349 g/mol. The molecule has 5 nitrogen and oxygen atoms in total. The minimum absolute atomic E-state index is 0.127. The van der Waals surface area contributed by atoms with E-state index >= 15 is 0 Å². The molecule has 1 heterocycles. The van der Waals surface area contributed by atoms with E-state index in [4.69, 9.17) is 39.4 Å². The van der Waals surface area contributed by atoms with Gasteiger partial charge in [0.2, 0.25) is 5.95 Å². The number of benzene rings is 2. The molecule has 3 rings (SSSR count). The van der Waals surface area contributed by atoms with Crippen LogP contribution in [0.5, 0.6) is 5.75 Å². The summed E-state index contributed by atoms with van der Waals surface area (Å²) in [6.07, 6.45) is -0.284. The van der Waals surface area contributed by atoms with Crippen LogP contribution in [-0.2, 0) is 0 Å². The van der Waals surface area contributed by atoms with E-state index in [0.717, 1.165) is 5.56 Å². The van der Waals surface area contributed by atoms with Gasteiger partial charge < -0.3 is 16.2 Å². The van der Waals surface area contributed by atoms with Crippen molar-refractivity contribution >= 4 is 45.9 Å². The standard InChI is InChI=1S/C16H14Cl2N4O/c1-8(9-5-10(17)7-11(18)6-9)23-13-4-2-3-12-14(13)15(19)22-16(20)21-12/h2-8H,1H3,(H4,19,20,21,22). The molecular formula is C16H14Cl2N4O. The fourth-order valence-corrected chi connectivity index (χ4v) is 2.91. The molecule has 0 spiro atoms. The monoisotopic (exact) mass is 348 g/mol. The third-order valence-corrected chi connectivity index (χ3v) is 3.82. The lowest BCUT2D eigenvalue weighted by molar-refractivity contribution is 0.230. The summed E-state index contributed by atoms with van der Waals surface area (Å²) in [7, 11) is 0. The molecule has 0 amide bonds. The van der Waals surface area contributed by atoms with Crippen LogP contribution in [0.3, 0.4) is 0 Å². The van der Waals surface area contributed by atoms with Crippen molar-refractivity contribution in [1.82, 2.24) is 9.97 Å². The number of nitrogens with two attached hydrogens (primary N) is 2. The van der Waals surface area contributed by atoms with Gasteiger partial charge in [0.15, 0.2) is 0 Å². The summed E-state index contributed by atoms with van der Waals surface area (Å²) < 4.78 is 6.03. The van der Waals surface area contributed by atoms with E-state index in [-0.39, 0.29) is 17.9 Å². The van der Waals surface area contributed by atoms with Gasteiger partial charge >= 0.3 is 0 Å². The smallest absolute Gasteiger partial charge is 0.222 e. The van der Waals surface area contributed by atoms with E-state index in [1.54, 1.807) is 30.3 Å². The number of fused-ring (bicyclic) bond motifs is 1. The Morgan fingerprint density at radius 2 is 1.74 bits per heavy atom. The molecule has 0 fully saturated rings. The summed E-state index contributed by atoms with van der Waals surface area (Å²) in [5.74, 6) is 0.977. The second-order valence-electron chi connectivity index (χ2n) is 5.08. The number of hydrogen-bond acceptors (Lipinski definition) is 5. The molecule has 0 bridgehead atoms.